The van der Waals surface area contributed by atoms with Gasteiger partial charge in [-0.15, -0.1) is 0 Å². The lowest BCUT2D eigenvalue weighted by Crippen LogP contribution is -2.60. The third-order valence-corrected chi connectivity index (χ3v) is 8.79. The third-order valence-electron chi connectivity index (χ3n) is 8.79. The summed E-state index contributed by atoms with van der Waals surface area (Å²) in [5.74, 6) is 2.18. The van der Waals surface area contributed by atoms with Gasteiger partial charge < -0.3 is 20.4 Å². The summed E-state index contributed by atoms with van der Waals surface area (Å²) in [6, 6.07) is 1.07. The highest BCUT2D eigenvalue weighted by Gasteiger charge is 2.47. The van der Waals surface area contributed by atoms with Gasteiger partial charge in [0.1, 0.15) is 0 Å². The average molecular weight is 435 g/mol. The molecule has 4 aliphatic rings. The van der Waals surface area contributed by atoms with E-state index in [1.54, 1.807) is 7.11 Å². The van der Waals surface area contributed by atoms with Gasteiger partial charge in [-0.3, -0.25) is 9.59 Å². The van der Waals surface area contributed by atoms with Gasteiger partial charge in [-0.25, -0.2) is 0 Å². The van der Waals surface area contributed by atoms with Crippen LogP contribution in [-0.4, -0.2) is 73.7 Å². The summed E-state index contributed by atoms with van der Waals surface area (Å²) in [5, 5.41) is 8.92. The molecule has 3 aliphatic heterocycles. The summed E-state index contributed by atoms with van der Waals surface area (Å²) < 4.78 is 0. The number of carbonyl (C=O) groups excluding carboxylic acids is 2. The number of piperidine rings is 3. The van der Waals surface area contributed by atoms with Gasteiger partial charge in [0.25, 0.3) is 0 Å². The topological polar surface area (TPSA) is 73.9 Å². The van der Waals surface area contributed by atoms with Gasteiger partial charge in [0, 0.05) is 56.6 Å². The van der Waals surface area contributed by atoms with Crippen LogP contribution in [0.2, 0.25) is 0 Å². The summed E-state index contributed by atoms with van der Waals surface area (Å²) in [4.78, 5) is 33.6. The molecular formula is C24H42N4O3. The highest BCUT2D eigenvalue weighted by molar-refractivity contribution is 5.80. The molecule has 31 heavy (non-hydrogen) atoms. The minimum atomic E-state index is 0.0858. The molecule has 3 saturated heterocycles. The fourth-order valence-electron chi connectivity index (χ4n) is 6.72. The van der Waals surface area contributed by atoms with Crippen LogP contribution in [0.25, 0.3) is 0 Å². The van der Waals surface area contributed by atoms with Gasteiger partial charge in [-0.2, -0.15) is 5.06 Å². The van der Waals surface area contributed by atoms with Crippen LogP contribution in [0.15, 0.2) is 0 Å². The Bertz CT molecular complexity index is 651. The first-order valence-corrected chi connectivity index (χ1v) is 12.5. The van der Waals surface area contributed by atoms with Crippen LogP contribution in [0.4, 0.5) is 0 Å². The molecule has 4 fully saturated rings. The van der Waals surface area contributed by atoms with E-state index in [0.29, 0.717) is 35.7 Å². The Hall–Kier alpha value is -1.18. The molecule has 176 valence electrons. The number of hydrogen-bond acceptors (Lipinski definition) is 5. The molecule has 0 aromatic heterocycles. The van der Waals surface area contributed by atoms with Crippen LogP contribution >= 0.6 is 0 Å². The second kappa shape index (κ2) is 9.75. The predicted octanol–water partition coefficient (Wildman–Crippen LogP) is 2.03. The van der Waals surface area contributed by atoms with Crippen molar-refractivity contribution in [1.82, 2.24) is 20.6 Å². The zero-order valence-electron chi connectivity index (χ0n) is 19.8. The first-order chi connectivity index (χ1) is 14.9. The minimum Gasteiger partial charge on any atom is -0.353 e. The lowest BCUT2D eigenvalue weighted by atomic mass is 9.65. The van der Waals surface area contributed by atoms with Crippen LogP contribution in [0.1, 0.15) is 58.8 Å². The average Bonchev–Trinajstić information content (AvgIpc) is 2.78. The Morgan fingerprint density at radius 3 is 2.55 bits per heavy atom. The highest BCUT2D eigenvalue weighted by atomic mass is 16.7. The van der Waals surface area contributed by atoms with Gasteiger partial charge in [0.15, 0.2) is 0 Å². The molecule has 3 heterocycles. The highest BCUT2D eigenvalue weighted by Crippen LogP contribution is 2.43. The predicted molar refractivity (Wildman–Crippen MR) is 120 cm³/mol. The molecule has 1 aliphatic carbocycles. The largest absolute Gasteiger partial charge is 0.353 e. The van der Waals surface area contributed by atoms with Crippen molar-refractivity contribution in [1.29, 1.82) is 0 Å². The van der Waals surface area contributed by atoms with Crippen molar-refractivity contribution in [2.75, 3.05) is 33.8 Å². The van der Waals surface area contributed by atoms with Crippen molar-refractivity contribution in [2.45, 2.75) is 76.9 Å². The standard InChI is InChI=1S/C24H42N4O3/c1-15-5-6-19(26-23(29)17-7-9-28(31-4)10-8-17)13-20(15)21-12-18-14-25-16(2)11-22(18)27(3)24(21)30/h15-22,25H,5-14H2,1-4H3,(H,26,29). The lowest BCUT2D eigenvalue weighted by Gasteiger charge is -2.50. The number of amides is 2. The molecule has 7 nitrogen and oxygen atoms in total. The van der Waals surface area contributed by atoms with Crippen molar-refractivity contribution in [3.05, 3.63) is 0 Å². The Morgan fingerprint density at radius 1 is 1.10 bits per heavy atom. The third kappa shape index (κ3) is 4.93. The van der Waals surface area contributed by atoms with Gasteiger partial charge in [0.2, 0.25) is 11.8 Å². The molecule has 0 radical (unpaired) electrons. The first kappa shape index (κ1) is 23.0. The molecule has 7 atom stereocenters. The van der Waals surface area contributed by atoms with E-state index in [4.69, 9.17) is 4.84 Å². The van der Waals surface area contributed by atoms with Crippen molar-refractivity contribution >= 4 is 11.8 Å². The maximum atomic E-state index is 13.4. The number of fused-ring (bicyclic) bond motifs is 1. The van der Waals surface area contributed by atoms with E-state index in [0.717, 1.165) is 64.6 Å². The molecule has 2 N–H and O–H groups in total. The quantitative estimate of drug-likeness (QED) is 0.708. The number of nitrogens with one attached hydrogen (secondary N) is 2. The fraction of sp³-hybridized carbons (Fsp3) is 0.917. The van der Waals surface area contributed by atoms with Crippen LogP contribution in [0.3, 0.4) is 0 Å². The second-order valence-electron chi connectivity index (χ2n) is 10.7. The van der Waals surface area contributed by atoms with E-state index in [1.165, 1.54) is 0 Å². The van der Waals surface area contributed by atoms with Crippen LogP contribution in [-0.2, 0) is 14.4 Å². The number of hydrogen-bond donors (Lipinski definition) is 2. The molecular weight excluding hydrogens is 392 g/mol. The molecule has 0 bridgehead atoms. The normalized spacial score (nSPS) is 40.5. The van der Waals surface area contributed by atoms with Crippen molar-refractivity contribution in [3.63, 3.8) is 0 Å². The molecule has 2 amide bonds. The van der Waals surface area contributed by atoms with Gasteiger partial charge in [0.05, 0.1) is 7.11 Å². The zero-order valence-corrected chi connectivity index (χ0v) is 19.8. The maximum Gasteiger partial charge on any atom is 0.225 e. The number of nitrogens with zero attached hydrogens (tertiary/aromatic N) is 2. The van der Waals surface area contributed by atoms with Crippen LogP contribution in [0, 0.1) is 29.6 Å². The second-order valence-corrected chi connectivity index (χ2v) is 10.7. The molecule has 0 aromatic rings. The lowest BCUT2D eigenvalue weighted by molar-refractivity contribution is -0.154. The molecule has 4 rings (SSSR count). The number of hydroxylamine groups is 2. The SMILES string of the molecule is CON1CCC(C(=O)NC2CCC(C)C(C3CC4CNC(C)CC4N(C)C3=O)C2)CC1. The van der Waals surface area contributed by atoms with Crippen LogP contribution in [0.5, 0.6) is 0 Å². The fourth-order valence-corrected chi connectivity index (χ4v) is 6.72. The number of carbonyl (C=O) groups is 2. The summed E-state index contributed by atoms with van der Waals surface area (Å²) >= 11 is 0. The zero-order chi connectivity index (χ0) is 22.1. The maximum absolute atomic E-state index is 13.4. The Kier molecular flexibility index (Phi) is 7.24. The Balaban J connectivity index is 1.36. The van der Waals surface area contributed by atoms with E-state index >= 15 is 0 Å². The molecule has 0 aromatic carbocycles. The molecule has 0 spiro atoms. The van der Waals surface area contributed by atoms with E-state index in [9.17, 15) is 9.59 Å². The van der Waals surface area contributed by atoms with Gasteiger partial charge in [-0.1, -0.05) is 6.92 Å². The molecule has 7 unspecified atom stereocenters. The summed E-state index contributed by atoms with van der Waals surface area (Å²) in [6.07, 6.45) is 6.82. The van der Waals surface area contributed by atoms with Gasteiger partial charge >= 0.3 is 0 Å². The molecule has 7 heteroatoms. The number of likely N-dealkylation sites (tertiary alicyclic amines) is 1. The summed E-state index contributed by atoms with van der Waals surface area (Å²) in [5.41, 5.74) is 0. The van der Waals surface area contributed by atoms with E-state index in [-0.39, 0.29) is 23.8 Å². The molecule has 1 saturated carbocycles. The van der Waals surface area contributed by atoms with Crippen molar-refractivity contribution < 1.29 is 14.4 Å². The van der Waals surface area contributed by atoms with E-state index in [2.05, 4.69) is 29.4 Å². The Morgan fingerprint density at radius 2 is 1.84 bits per heavy atom. The summed E-state index contributed by atoms with van der Waals surface area (Å²) in [6.45, 7) is 7.18. The first-order valence-electron chi connectivity index (χ1n) is 12.5. The summed E-state index contributed by atoms with van der Waals surface area (Å²) in [7, 11) is 3.71. The monoisotopic (exact) mass is 434 g/mol. The van der Waals surface area contributed by atoms with E-state index in [1.807, 2.05) is 12.1 Å². The Labute approximate surface area is 187 Å². The minimum absolute atomic E-state index is 0.0858. The van der Waals surface area contributed by atoms with Gasteiger partial charge in [-0.05, 0) is 69.6 Å². The van der Waals surface area contributed by atoms with Crippen molar-refractivity contribution in [3.8, 4) is 0 Å². The van der Waals surface area contributed by atoms with Crippen LogP contribution < -0.4 is 10.6 Å². The number of rotatable bonds is 4. The van der Waals surface area contributed by atoms with Crippen molar-refractivity contribution in [2.24, 2.45) is 29.6 Å². The van der Waals surface area contributed by atoms with E-state index < -0.39 is 0 Å². The smallest absolute Gasteiger partial charge is 0.225 e.